The number of H-pyrrole nitrogens is 1. The van der Waals surface area contributed by atoms with E-state index in [9.17, 15) is 9.59 Å². The van der Waals surface area contributed by atoms with Crippen LogP contribution in [0.4, 0.5) is 5.82 Å². The van der Waals surface area contributed by atoms with Gasteiger partial charge in [-0.2, -0.15) is 14.2 Å². The maximum atomic E-state index is 11.7. The second-order valence-electron chi connectivity index (χ2n) is 5.16. The third kappa shape index (κ3) is 2.54. The highest BCUT2D eigenvalue weighted by molar-refractivity contribution is 7.71. The van der Waals surface area contributed by atoms with Crippen LogP contribution in [-0.2, 0) is 16.3 Å². The van der Waals surface area contributed by atoms with Crippen LogP contribution in [0.1, 0.15) is 20.8 Å². The topological polar surface area (TPSA) is 120 Å². The molecule has 0 atom stereocenters. The van der Waals surface area contributed by atoms with Crippen molar-refractivity contribution in [3.63, 3.8) is 0 Å². The Morgan fingerprint density at radius 3 is 2.75 bits per heavy atom. The van der Waals surface area contributed by atoms with Crippen molar-refractivity contribution < 1.29 is 9.53 Å². The van der Waals surface area contributed by atoms with Gasteiger partial charge in [0.2, 0.25) is 10.6 Å². The van der Waals surface area contributed by atoms with E-state index < -0.39 is 16.9 Å². The predicted molar refractivity (Wildman–Crippen MR) is 72.4 cm³/mol. The van der Waals surface area contributed by atoms with E-state index in [4.69, 9.17) is 22.7 Å². The molecule has 0 amide bonds. The van der Waals surface area contributed by atoms with Gasteiger partial charge in [0, 0.05) is 0 Å². The molecule has 9 nitrogen and oxygen atoms in total. The molecule has 0 aliphatic heterocycles. The first kappa shape index (κ1) is 14.2. The molecular weight excluding hydrogens is 284 g/mol. The zero-order chi connectivity index (χ0) is 15.1. The molecule has 0 bridgehead atoms. The Hall–Kier alpha value is -2.23. The van der Waals surface area contributed by atoms with Crippen LogP contribution >= 0.6 is 12.2 Å². The number of hydrogen-bond acceptors (Lipinski definition) is 7. The van der Waals surface area contributed by atoms with Crippen molar-refractivity contribution in [2.75, 3.05) is 5.73 Å². The van der Waals surface area contributed by atoms with E-state index >= 15 is 0 Å². The van der Waals surface area contributed by atoms with E-state index in [1.807, 2.05) is 0 Å². The van der Waals surface area contributed by atoms with Crippen LogP contribution < -0.4 is 11.3 Å². The Morgan fingerprint density at radius 2 is 2.15 bits per heavy atom. The van der Waals surface area contributed by atoms with Crippen LogP contribution in [0, 0.1) is 10.2 Å². The molecule has 0 unspecified atom stereocenters. The summed E-state index contributed by atoms with van der Waals surface area (Å²) < 4.78 is 7.45. The average Bonchev–Trinajstić information content (AvgIpc) is 2.72. The summed E-state index contributed by atoms with van der Waals surface area (Å²) in [5.41, 5.74) is 4.29. The molecule has 0 fully saturated rings. The Morgan fingerprint density at radius 1 is 1.50 bits per heavy atom. The summed E-state index contributed by atoms with van der Waals surface area (Å²) in [6, 6.07) is 0. The maximum Gasteiger partial charge on any atom is 0.316 e. The highest BCUT2D eigenvalue weighted by Gasteiger charge is 2.23. The van der Waals surface area contributed by atoms with Gasteiger partial charge >= 0.3 is 11.5 Å². The molecule has 2 aromatic rings. The number of nitrogens with one attached hydrogen (secondary N) is 1. The minimum absolute atomic E-state index is 0.102. The van der Waals surface area contributed by atoms with Crippen LogP contribution in [0.15, 0.2) is 4.79 Å². The number of hydrogen-bond donors (Lipinski definition) is 2. The van der Waals surface area contributed by atoms with Gasteiger partial charge in [0.05, 0.1) is 5.41 Å². The molecule has 0 saturated carbocycles. The fourth-order valence-corrected chi connectivity index (χ4v) is 1.55. The van der Waals surface area contributed by atoms with Gasteiger partial charge in [0.25, 0.3) is 5.78 Å². The first-order chi connectivity index (χ1) is 9.20. The highest BCUT2D eigenvalue weighted by Crippen LogP contribution is 2.15. The quantitative estimate of drug-likeness (QED) is 0.595. The molecule has 2 rings (SSSR count). The molecule has 2 aromatic heterocycles. The minimum atomic E-state index is -0.647. The van der Waals surface area contributed by atoms with E-state index in [2.05, 4.69) is 15.2 Å². The fourth-order valence-electron chi connectivity index (χ4n) is 1.38. The predicted octanol–water partition coefficient (Wildman–Crippen LogP) is 0.0776. The number of fused-ring (bicyclic) bond motifs is 1. The van der Waals surface area contributed by atoms with Crippen molar-refractivity contribution in [1.29, 1.82) is 0 Å². The molecule has 0 aliphatic rings. The largest absolute Gasteiger partial charge is 0.442 e. The number of carbonyl (C=O) groups is 1. The van der Waals surface area contributed by atoms with Gasteiger partial charge in [-0.25, -0.2) is 0 Å². The summed E-state index contributed by atoms with van der Waals surface area (Å²) >= 11 is 4.85. The number of esters is 1. The minimum Gasteiger partial charge on any atom is -0.442 e. The van der Waals surface area contributed by atoms with Gasteiger partial charge < -0.3 is 10.5 Å². The first-order valence-corrected chi connectivity index (χ1v) is 6.13. The third-order valence-corrected chi connectivity index (χ3v) is 2.60. The summed E-state index contributed by atoms with van der Waals surface area (Å²) in [5, 5.41) is 6.38. The van der Waals surface area contributed by atoms with Crippen LogP contribution in [-0.4, -0.2) is 30.3 Å². The lowest BCUT2D eigenvalue weighted by Crippen LogP contribution is -2.28. The molecule has 20 heavy (non-hydrogen) atoms. The monoisotopic (exact) mass is 298 g/mol. The molecule has 0 spiro atoms. The second-order valence-corrected chi connectivity index (χ2v) is 5.55. The van der Waals surface area contributed by atoms with E-state index in [1.165, 1.54) is 4.68 Å². The Balaban J connectivity index is 2.41. The van der Waals surface area contributed by atoms with E-state index in [1.54, 1.807) is 20.8 Å². The summed E-state index contributed by atoms with van der Waals surface area (Å²) in [6.07, 6.45) is 0. The molecule has 0 radical (unpaired) electrons. The number of rotatable bonds is 2. The van der Waals surface area contributed by atoms with E-state index in [-0.39, 0.29) is 23.1 Å². The van der Waals surface area contributed by atoms with Crippen molar-refractivity contribution in [2.45, 2.75) is 27.5 Å². The van der Waals surface area contributed by atoms with Gasteiger partial charge in [-0.05, 0) is 33.0 Å². The molecule has 0 saturated heterocycles. The lowest BCUT2D eigenvalue weighted by atomic mass is 9.98. The number of aromatic nitrogens is 5. The number of nitrogens with zero attached hydrogens (tertiary/aromatic N) is 4. The Kier molecular flexibility index (Phi) is 3.34. The lowest BCUT2D eigenvalue weighted by Gasteiger charge is -2.17. The number of ether oxygens (including phenoxy) is 1. The van der Waals surface area contributed by atoms with Crippen molar-refractivity contribution in [3.8, 4) is 0 Å². The van der Waals surface area contributed by atoms with E-state index in [0.29, 0.717) is 0 Å². The van der Waals surface area contributed by atoms with Gasteiger partial charge in [0.1, 0.15) is 0 Å². The van der Waals surface area contributed by atoms with Crippen LogP contribution in [0.5, 0.6) is 0 Å². The molecule has 0 aliphatic carbocycles. The zero-order valence-corrected chi connectivity index (χ0v) is 12.0. The number of nitrogen functional groups attached to an aromatic ring is 1. The lowest BCUT2D eigenvalue weighted by molar-refractivity contribution is -0.157. The fraction of sp³-hybridized carbons (Fsp3) is 0.500. The van der Waals surface area contributed by atoms with Gasteiger partial charge in [0.15, 0.2) is 6.73 Å². The average molecular weight is 298 g/mol. The second kappa shape index (κ2) is 4.71. The number of aromatic amines is 1. The zero-order valence-electron chi connectivity index (χ0n) is 11.2. The smallest absolute Gasteiger partial charge is 0.316 e. The van der Waals surface area contributed by atoms with Gasteiger partial charge in [-0.3, -0.25) is 14.7 Å². The summed E-state index contributed by atoms with van der Waals surface area (Å²) in [6.45, 7) is 4.96. The summed E-state index contributed by atoms with van der Waals surface area (Å²) in [4.78, 5) is 27.4. The van der Waals surface area contributed by atoms with Crippen molar-refractivity contribution >= 4 is 29.8 Å². The SMILES string of the molecule is CC(C)(C)C(=O)OCn1nc(N)c(=O)n2[nH]c(=S)nc12. The molecule has 10 heteroatoms. The number of anilines is 1. The standard InChI is InChI=1S/C10H14N6O3S/c1-10(2,3)7(18)19-4-15-9-12-8(20)14-16(9)6(17)5(11)13-15/h4H2,1-3H3,(H2,11,13)(H,14,20). The Bertz CT molecular complexity index is 781. The highest BCUT2D eigenvalue weighted by atomic mass is 32.1. The third-order valence-electron chi connectivity index (χ3n) is 2.42. The van der Waals surface area contributed by atoms with Crippen LogP contribution in [0.2, 0.25) is 0 Å². The molecule has 0 aromatic carbocycles. The van der Waals surface area contributed by atoms with Crippen LogP contribution in [0.25, 0.3) is 5.78 Å². The number of carbonyl (C=O) groups excluding carboxylic acids is 1. The van der Waals surface area contributed by atoms with Gasteiger partial charge in [-0.15, -0.1) is 5.10 Å². The summed E-state index contributed by atoms with van der Waals surface area (Å²) in [7, 11) is 0. The molecule has 2 heterocycles. The van der Waals surface area contributed by atoms with E-state index in [0.717, 1.165) is 4.52 Å². The van der Waals surface area contributed by atoms with Gasteiger partial charge in [-0.1, -0.05) is 0 Å². The number of nitrogens with two attached hydrogens (primary N) is 1. The Labute approximate surface area is 118 Å². The summed E-state index contributed by atoms with van der Waals surface area (Å²) in [5.74, 6) is -0.548. The molecule has 3 N–H and O–H groups in total. The normalized spacial score (nSPS) is 11.8. The molecular formula is C10H14N6O3S. The van der Waals surface area contributed by atoms with Crippen LogP contribution in [0.3, 0.4) is 0 Å². The van der Waals surface area contributed by atoms with Crippen molar-refractivity contribution in [2.24, 2.45) is 5.41 Å². The van der Waals surface area contributed by atoms with Crippen molar-refractivity contribution in [3.05, 3.63) is 15.1 Å². The maximum absolute atomic E-state index is 11.7. The van der Waals surface area contributed by atoms with Crippen molar-refractivity contribution in [1.82, 2.24) is 24.4 Å². The first-order valence-electron chi connectivity index (χ1n) is 5.73. The molecule has 108 valence electrons.